The van der Waals surface area contributed by atoms with Crippen molar-refractivity contribution in [2.75, 3.05) is 6.61 Å². The Kier molecular flexibility index (Phi) is 8.40. The summed E-state index contributed by atoms with van der Waals surface area (Å²) in [7, 11) is 0. The molecule has 0 saturated heterocycles. The minimum atomic E-state index is 0.0539. The molecule has 0 aromatic heterocycles. The number of aliphatic hydroxyl groups excluding tert-OH is 1. The van der Waals surface area contributed by atoms with E-state index in [4.69, 9.17) is 5.11 Å². The predicted octanol–water partition coefficient (Wildman–Crippen LogP) is 4.91. The first-order valence-corrected chi connectivity index (χ1v) is 9.89. The average Bonchev–Trinajstić information content (AvgIpc) is 2.83. The maximum Gasteiger partial charge on any atom is 0.0757 e. The Labute approximate surface area is 184 Å². The Balaban J connectivity index is 1.86. The van der Waals surface area contributed by atoms with Gasteiger partial charge in [0.05, 0.1) is 12.2 Å². The largest absolute Gasteiger partial charge is 0.395 e. The Hall–Kier alpha value is -4.40. The topological polar surface area (TPSA) is 20.2 Å². The highest BCUT2D eigenvalue weighted by molar-refractivity contribution is 5.67. The molecule has 0 aliphatic heterocycles. The molecular formula is C30H20O. The van der Waals surface area contributed by atoms with E-state index >= 15 is 0 Å². The third-order valence-corrected chi connectivity index (χ3v) is 4.05. The van der Waals surface area contributed by atoms with Crippen molar-refractivity contribution in [3.63, 3.8) is 0 Å². The summed E-state index contributed by atoms with van der Waals surface area (Å²) in [5.41, 5.74) is 4.51. The van der Waals surface area contributed by atoms with Crippen LogP contribution in [-0.4, -0.2) is 11.7 Å². The zero-order valence-corrected chi connectivity index (χ0v) is 17.0. The molecule has 146 valence electrons. The zero-order chi connectivity index (χ0) is 21.6. The van der Waals surface area contributed by atoms with Gasteiger partial charge in [-0.05, 0) is 59.9 Å². The third-order valence-electron chi connectivity index (χ3n) is 4.05. The molecule has 0 radical (unpaired) electrons. The molecule has 0 fully saturated rings. The minimum Gasteiger partial charge on any atom is -0.395 e. The Morgan fingerprint density at radius 2 is 1.19 bits per heavy atom. The molecule has 0 aliphatic rings. The van der Waals surface area contributed by atoms with Crippen molar-refractivity contribution in [3.05, 3.63) is 113 Å². The van der Waals surface area contributed by atoms with E-state index in [2.05, 4.69) is 47.4 Å². The van der Waals surface area contributed by atoms with Crippen LogP contribution in [0.3, 0.4) is 0 Å². The fraction of sp³-hybridized carbons (Fsp3) is 0.0667. The van der Waals surface area contributed by atoms with Crippen LogP contribution in [0.4, 0.5) is 0 Å². The molecule has 0 aliphatic carbocycles. The van der Waals surface area contributed by atoms with E-state index in [1.54, 1.807) is 0 Å². The molecule has 3 aromatic carbocycles. The molecule has 1 N–H and O–H groups in total. The van der Waals surface area contributed by atoms with Crippen molar-refractivity contribution in [2.45, 2.75) is 6.42 Å². The van der Waals surface area contributed by atoms with E-state index < -0.39 is 0 Å². The van der Waals surface area contributed by atoms with Crippen molar-refractivity contribution >= 4 is 6.08 Å². The first-order valence-electron chi connectivity index (χ1n) is 9.89. The van der Waals surface area contributed by atoms with E-state index in [-0.39, 0.29) is 6.61 Å². The first-order chi connectivity index (χ1) is 15.3. The zero-order valence-electron chi connectivity index (χ0n) is 17.0. The van der Waals surface area contributed by atoms with Crippen LogP contribution in [0.25, 0.3) is 6.08 Å². The molecule has 31 heavy (non-hydrogen) atoms. The smallest absolute Gasteiger partial charge is 0.0757 e. The van der Waals surface area contributed by atoms with Gasteiger partial charge >= 0.3 is 0 Å². The molecule has 0 amide bonds. The summed E-state index contributed by atoms with van der Waals surface area (Å²) in [5.74, 6) is 24.0. The van der Waals surface area contributed by atoms with Crippen molar-refractivity contribution < 1.29 is 5.11 Å². The molecule has 0 unspecified atom stereocenters. The summed E-state index contributed by atoms with van der Waals surface area (Å²) in [5, 5.41) is 8.72. The second-order valence-electron chi connectivity index (χ2n) is 6.44. The molecule has 0 bridgehead atoms. The van der Waals surface area contributed by atoms with Crippen LogP contribution in [0.2, 0.25) is 0 Å². The van der Waals surface area contributed by atoms with E-state index in [1.807, 2.05) is 91.0 Å². The summed E-state index contributed by atoms with van der Waals surface area (Å²) >= 11 is 0. The predicted molar refractivity (Wildman–Crippen MR) is 127 cm³/mol. The van der Waals surface area contributed by atoms with Gasteiger partial charge in [-0.2, -0.15) is 0 Å². The lowest BCUT2D eigenvalue weighted by molar-refractivity contribution is 0.305. The van der Waals surface area contributed by atoms with Gasteiger partial charge in [0.25, 0.3) is 0 Å². The number of rotatable bonds is 2. The standard InChI is InChI=1S/C30H20O/c31-24-10-2-1-5-15-28-18-22-30(23-19-28)25-29(20-16-26-11-6-3-7-12-26)21-17-27-13-8-4-9-14-27/h3-4,6-9,11-14,18-19,22-23,25,31H,10,24H2. The van der Waals surface area contributed by atoms with E-state index in [0.717, 1.165) is 27.8 Å². The van der Waals surface area contributed by atoms with E-state index in [1.165, 1.54) is 0 Å². The Bertz CT molecular complexity index is 1210. The number of allylic oxidation sites excluding steroid dienone is 1. The van der Waals surface area contributed by atoms with Crippen LogP contribution in [0, 0.1) is 47.4 Å². The van der Waals surface area contributed by atoms with E-state index in [0.29, 0.717) is 6.42 Å². The van der Waals surface area contributed by atoms with Gasteiger partial charge in [-0.3, -0.25) is 0 Å². The Morgan fingerprint density at radius 3 is 1.74 bits per heavy atom. The lowest BCUT2D eigenvalue weighted by Crippen LogP contribution is -1.81. The molecule has 0 spiro atoms. The number of benzene rings is 3. The summed E-state index contributed by atoms with van der Waals surface area (Å²) < 4.78 is 0. The molecule has 0 heterocycles. The molecule has 1 heteroatoms. The quantitative estimate of drug-likeness (QED) is 0.610. The van der Waals surface area contributed by atoms with Crippen molar-refractivity contribution in [3.8, 4) is 47.4 Å². The molecule has 3 aromatic rings. The van der Waals surface area contributed by atoms with Gasteiger partial charge in [0.2, 0.25) is 0 Å². The highest BCUT2D eigenvalue weighted by Gasteiger charge is 1.93. The molecule has 1 nitrogen and oxygen atoms in total. The average molecular weight is 396 g/mol. The molecule has 0 saturated carbocycles. The van der Waals surface area contributed by atoms with Gasteiger partial charge in [0.15, 0.2) is 0 Å². The summed E-state index contributed by atoms with van der Waals surface area (Å²) in [6.45, 7) is 0.0539. The van der Waals surface area contributed by atoms with Crippen LogP contribution < -0.4 is 0 Å². The lowest BCUT2D eigenvalue weighted by Gasteiger charge is -1.95. The van der Waals surface area contributed by atoms with Crippen LogP contribution in [0.5, 0.6) is 0 Å². The van der Waals surface area contributed by atoms with Gasteiger partial charge in [-0.1, -0.05) is 84.1 Å². The highest BCUT2D eigenvalue weighted by Crippen LogP contribution is 2.09. The first kappa shape index (κ1) is 21.3. The van der Waals surface area contributed by atoms with Crippen molar-refractivity contribution in [2.24, 2.45) is 0 Å². The van der Waals surface area contributed by atoms with Crippen molar-refractivity contribution in [1.82, 2.24) is 0 Å². The SMILES string of the molecule is OCCC#CC#Cc1ccc(C=C(C#Cc2ccccc2)C#Cc2ccccc2)cc1. The third kappa shape index (κ3) is 7.86. The fourth-order valence-corrected chi connectivity index (χ4v) is 2.52. The fourth-order valence-electron chi connectivity index (χ4n) is 2.52. The normalized spacial score (nSPS) is 8.68. The molecular weight excluding hydrogens is 376 g/mol. The minimum absolute atomic E-state index is 0.0539. The van der Waals surface area contributed by atoms with Gasteiger partial charge < -0.3 is 5.11 Å². The maximum atomic E-state index is 8.72. The van der Waals surface area contributed by atoms with Crippen LogP contribution in [-0.2, 0) is 0 Å². The second kappa shape index (κ2) is 12.2. The van der Waals surface area contributed by atoms with Gasteiger partial charge in [-0.25, -0.2) is 0 Å². The van der Waals surface area contributed by atoms with Crippen LogP contribution in [0.15, 0.2) is 90.5 Å². The number of aliphatic hydroxyl groups is 1. The summed E-state index contributed by atoms with van der Waals surface area (Å²) in [6, 6.07) is 27.6. The number of hydrogen-bond acceptors (Lipinski definition) is 1. The van der Waals surface area contributed by atoms with Crippen LogP contribution in [0.1, 0.15) is 28.7 Å². The number of hydrogen-bond donors (Lipinski definition) is 1. The summed E-state index contributed by atoms with van der Waals surface area (Å²) in [6.07, 6.45) is 2.42. The Morgan fingerprint density at radius 1 is 0.645 bits per heavy atom. The highest BCUT2D eigenvalue weighted by atomic mass is 16.2. The van der Waals surface area contributed by atoms with Gasteiger partial charge in [0.1, 0.15) is 0 Å². The van der Waals surface area contributed by atoms with Crippen molar-refractivity contribution in [1.29, 1.82) is 0 Å². The lowest BCUT2D eigenvalue weighted by atomic mass is 10.1. The monoisotopic (exact) mass is 396 g/mol. The maximum absolute atomic E-state index is 8.72. The molecule has 0 atom stereocenters. The van der Waals surface area contributed by atoms with Gasteiger partial charge in [-0.15, -0.1) is 0 Å². The van der Waals surface area contributed by atoms with E-state index in [9.17, 15) is 0 Å². The molecule has 3 rings (SSSR count). The second-order valence-corrected chi connectivity index (χ2v) is 6.44. The summed E-state index contributed by atoms with van der Waals surface area (Å²) in [4.78, 5) is 0. The van der Waals surface area contributed by atoms with Gasteiger partial charge in [0, 0.05) is 23.1 Å². The van der Waals surface area contributed by atoms with Crippen LogP contribution >= 0.6 is 0 Å².